The van der Waals surface area contributed by atoms with Gasteiger partial charge in [0.05, 0.1) is 0 Å². The van der Waals surface area contributed by atoms with Gasteiger partial charge in [0.2, 0.25) is 0 Å². The summed E-state index contributed by atoms with van der Waals surface area (Å²) in [6, 6.07) is 6.91. The number of urea groups is 1. The predicted molar refractivity (Wildman–Crippen MR) is 101 cm³/mol. The topological polar surface area (TPSA) is 79.4 Å². The number of amides is 3. The van der Waals surface area contributed by atoms with E-state index in [0.717, 1.165) is 25.2 Å². The minimum Gasteiger partial charge on any atom is -0.396 e. The molecule has 3 unspecified atom stereocenters. The van der Waals surface area contributed by atoms with Gasteiger partial charge in [-0.2, -0.15) is 0 Å². The normalized spacial score (nSPS) is 28.6. The van der Waals surface area contributed by atoms with E-state index in [9.17, 15) is 9.59 Å². The standard InChI is InChI=1S/C18H24ClN5O3/c1-21-15-14(16(26)24(18(21)27)10-3-11-25)23-9-2-8-22(17(23)20-15)13-6-4-12(19)5-7-13/h4-7,14-15,17,20,25H,2-3,8-11H2,1H3. The average molecular weight is 394 g/mol. The van der Waals surface area contributed by atoms with E-state index in [1.165, 1.54) is 4.90 Å². The molecular weight excluding hydrogens is 370 g/mol. The fourth-order valence-corrected chi connectivity index (χ4v) is 4.38. The molecule has 3 amide bonds. The lowest BCUT2D eigenvalue weighted by molar-refractivity contribution is -0.138. The second-order valence-corrected chi connectivity index (χ2v) is 7.59. The molecule has 3 saturated heterocycles. The number of aliphatic hydroxyl groups is 1. The number of aliphatic hydroxyl groups excluding tert-OH is 1. The second-order valence-electron chi connectivity index (χ2n) is 7.15. The van der Waals surface area contributed by atoms with Crippen molar-refractivity contribution >= 4 is 29.2 Å². The van der Waals surface area contributed by atoms with Crippen LogP contribution in [0.25, 0.3) is 0 Å². The van der Waals surface area contributed by atoms with Crippen molar-refractivity contribution in [2.45, 2.75) is 31.3 Å². The highest BCUT2D eigenvalue weighted by atomic mass is 35.5. The summed E-state index contributed by atoms with van der Waals surface area (Å²) >= 11 is 6.02. The molecule has 0 saturated carbocycles. The summed E-state index contributed by atoms with van der Waals surface area (Å²) in [6.45, 7) is 1.82. The van der Waals surface area contributed by atoms with Crippen LogP contribution in [-0.2, 0) is 4.79 Å². The molecule has 0 aromatic heterocycles. The van der Waals surface area contributed by atoms with Crippen molar-refractivity contribution in [3.63, 3.8) is 0 Å². The van der Waals surface area contributed by atoms with Crippen molar-refractivity contribution in [3.8, 4) is 0 Å². The van der Waals surface area contributed by atoms with Crippen LogP contribution in [0.4, 0.5) is 10.5 Å². The number of hydrogen-bond acceptors (Lipinski definition) is 6. The summed E-state index contributed by atoms with van der Waals surface area (Å²) in [5.41, 5.74) is 1.03. The zero-order chi connectivity index (χ0) is 19.1. The van der Waals surface area contributed by atoms with E-state index >= 15 is 0 Å². The largest absolute Gasteiger partial charge is 0.396 e. The number of carbonyl (C=O) groups is 2. The smallest absolute Gasteiger partial charge is 0.327 e. The Morgan fingerprint density at radius 3 is 2.67 bits per heavy atom. The van der Waals surface area contributed by atoms with Crippen LogP contribution in [0.3, 0.4) is 0 Å². The molecule has 8 nitrogen and oxygen atoms in total. The second kappa shape index (κ2) is 7.27. The first-order chi connectivity index (χ1) is 13.0. The number of benzene rings is 1. The van der Waals surface area contributed by atoms with Crippen LogP contribution in [-0.4, -0.2) is 83.5 Å². The molecule has 1 aromatic rings. The molecule has 3 aliphatic rings. The van der Waals surface area contributed by atoms with Crippen molar-refractivity contribution < 1.29 is 14.7 Å². The van der Waals surface area contributed by atoms with Crippen molar-refractivity contribution in [1.82, 2.24) is 20.0 Å². The van der Waals surface area contributed by atoms with Gasteiger partial charge < -0.3 is 14.9 Å². The lowest BCUT2D eigenvalue weighted by atomic mass is 10.1. The summed E-state index contributed by atoms with van der Waals surface area (Å²) in [7, 11) is 1.72. The Kier molecular flexibility index (Phi) is 4.98. The molecule has 0 aliphatic carbocycles. The number of rotatable bonds is 4. The summed E-state index contributed by atoms with van der Waals surface area (Å²) in [4.78, 5) is 32.9. The maximum absolute atomic E-state index is 13.1. The van der Waals surface area contributed by atoms with Gasteiger partial charge in [-0.15, -0.1) is 0 Å². The highest BCUT2D eigenvalue weighted by Gasteiger charge is 2.55. The molecule has 3 aliphatic heterocycles. The van der Waals surface area contributed by atoms with Crippen LogP contribution in [0.5, 0.6) is 0 Å². The molecule has 0 radical (unpaired) electrons. The van der Waals surface area contributed by atoms with Crippen LogP contribution in [0.2, 0.25) is 5.02 Å². The van der Waals surface area contributed by atoms with E-state index in [2.05, 4.69) is 15.1 Å². The zero-order valence-corrected chi connectivity index (χ0v) is 16.0. The third-order valence-electron chi connectivity index (χ3n) is 5.57. The van der Waals surface area contributed by atoms with E-state index in [1.807, 2.05) is 24.3 Å². The fraction of sp³-hybridized carbons (Fsp3) is 0.556. The lowest BCUT2D eigenvalue weighted by Crippen LogP contribution is -2.66. The molecule has 4 rings (SSSR count). The number of hydrogen-bond donors (Lipinski definition) is 2. The third kappa shape index (κ3) is 3.06. The van der Waals surface area contributed by atoms with Gasteiger partial charge in [0.1, 0.15) is 18.5 Å². The van der Waals surface area contributed by atoms with E-state index < -0.39 is 6.04 Å². The summed E-state index contributed by atoms with van der Waals surface area (Å²) in [5, 5.41) is 13.2. The molecule has 9 heteroatoms. The van der Waals surface area contributed by atoms with E-state index in [4.69, 9.17) is 16.7 Å². The van der Waals surface area contributed by atoms with Gasteiger partial charge in [-0.1, -0.05) is 11.6 Å². The summed E-state index contributed by atoms with van der Waals surface area (Å²) in [6.07, 6.45) is 0.780. The van der Waals surface area contributed by atoms with E-state index in [0.29, 0.717) is 11.4 Å². The molecule has 146 valence electrons. The number of imide groups is 1. The lowest BCUT2D eigenvalue weighted by Gasteiger charge is -2.43. The van der Waals surface area contributed by atoms with Crippen molar-refractivity contribution in [2.24, 2.45) is 0 Å². The van der Waals surface area contributed by atoms with Crippen LogP contribution in [0.15, 0.2) is 24.3 Å². The summed E-state index contributed by atoms with van der Waals surface area (Å²) in [5.74, 6) is -0.190. The maximum atomic E-state index is 13.1. The molecule has 0 spiro atoms. The van der Waals surface area contributed by atoms with Gasteiger partial charge in [-0.05, 0) is 37.1 Å². The molecule has 1 aromatic carbocycles. The number of carbonyl (C=O) groups excluding carboxylic acids is 2. The molecular formula is C18H24ClN5O3. The Morgan fingerprint density at radius 1 is 1.22 bits per heavy atom. The minimum atomic E-state index is -0.425. The maximum Gasteiger partial charge on any atom is 0.327 e. The average Bonchev–Trinajstić information content (AvgIpc) is 3.07. The molecule has 27 heavy (non-hydrogen) atoms. The Labute approximate surface area is 163 Å². The van der Waals surface area contributed by atoms with Gasteiger partial charge in [-0.25, -0.2) is 4.79 Å². The van der Waals surface area contributed by atoms with Gasteiger partial charge in [0, 0.05) is 44.0 Å². The van der Waals surface area contributed by atoms with Crippen molar-refractivity contribution in [3.05, 3.63) is 29.3 Å². The quantitative estimate of drug-likeness (QED) is 0.784. The van der Waals surface area contributed by atoms with Gasteiger partial charge in [0.25, 0.3) is 5.91 Å². The monoisotopic (exact) mass is 393 g/mol. The van der Waals surface area contributed by atoms with Crippen molar-refractivity contribution in [2.75, 3.05) is 38.2 Å². The SMILES string of the molecule is CN1C(=O)N(CCCO)C(=O)C2C1NC1N(c3ccc(Cl)cc3)CCCN21. The van der Waals surface area contributed by atoms with Gasteiger partial charge in [0.15, 0.2) is 0 Å². The van der Waals surface area contributed by atoms with Gasteiger partial charge in [-0.3, -0.25) is 19.9 Å². The van der Waals surface area contributed by atoms with E-state index in [1.54, 1.807) is 11.9 Å². The minimum absolute atomic E-state index is 0.0518. The molecule has 3 atom stereocenters. The zero-order valence-electron chi connectivity index (χ0n) is 15.2. The molecule has 2 N–H and O–H groups in total. The number of likely N-dealkylation sites (N-methyl/N-ethyl adjacent to an activating group) is 1. The first kappa shape index (κ1) is 18.5. The van der Waals surface area contributed by atoms with Crippen LogP contribution in [0.1, 0.15) is 12.8 Å². The third-order valence-corrected chi connectivity index (χ3v) is 5.82. The summed E-state index contributed by atoms with van der Waals surface area (Å²) < 4.78 is 0. The number of anilines is 1. The van der Waals surface area contributed by atoms with E-state index in [-0.39, 0.29) is 37.5 Å². The Balaban J connectivity index is 1.62. The van der Waals surface area contributed by atoms with Crippen LogP contribution in [0, 0.1) is 0 Å². The Hall–Kier alpha value is -1.87. The fourth-order valence-electron chi connectivity index (χ4n) is 4.25. The highest BCUT2D eigenvalue weighted by Crippen LogP contribution is 2.33. The molecule has 3 fully saturated rings. The van der Waals surface area contributed by atoms with Gasteiger partial charge >= 0.3 is 6.03 Å². The first-order valence-electron chi connectivity index (χ1n) is 9.26. The molecule has 3 heterocycles. The number of nitrogens with zero attached hydrogens (tertiary/aromatic N) is 4. The Bertz CT molecular complexity index is 730. The predicted octanol–water partition coefficient (Wildman–Crippen LogP) is 0.710. The molecule has 0 bridgehead atoms. The van der Waals surface area contributed by atoms with Crippen LogP contribution < -0.4 is 10.2 Å². The van der Waals surface area contributed by atoms with Crippen LogP contribution >= 0.6 is 11.6 Å². The number of halogens is 1. The first-order valence-corrected chi connectivity index (χ1v) is 9.64. The number of nitrogens with one attached hydrogen (secondary N) is 1. The van der Waals surface area contributed by atoms with Crippen molar-refractivity contribution in [1.29, 1.82) is 0 Å². The Morgan fingerprint density at radius 2 is 1.96 bits per heavy atom. The number of fused-ring (bicyclic) bond motifs is 3. The highest BCUT2D eigenvalue weighted by molar-refractivity contribution is 6.30.